The Bertz CT molecular complexity index is 342. The zero-order valence-electron chi connectivity index (χ0n) is 9.90. The molecule has 94 valence electrons. The molecule has 4 heteroatoms. The summed E-state index contributed by atoms with van der Waals surface area (Å²) in [5.41, 5.74) is 1.26. The predicted molar refractivity (Wildman–Crippen MR) is 74.5 cm³/mol. The van der Waals surface area contributed by atoms with E-state index in [2.05, 4.69) is 50.4 Å². The number of halogens is 1. The van der Waals surface area contributed by atoms with Crippen molar-refractivity contribution in [2.75, 3.05) is 31.1 Å². The molecule has 1 aromatic rings. The maximum atomic E-state index is 9.04. The molecule has 0 saturated carbocycles. The first-order chi connectivity index (χ1) is 8.29. The van der Waals surface area contributed by atoms with E-state index in [4.69, 9.17) is 5.11 Å². The molecule has 1 atom stereocenters. The number of nitrogens with zero attached hydrogens (tertiary/aromatic N) is 1. The van der Waals surface area contributed by atoms with Gasteiger partial charge in [0.05, 0.1) is 0 Å². The predicted octanol–water partition coefficient (Wildman–Crippen LogP) is 2.00. The summed E-state index contributed by atoms with van der Waals surface area (Å²) in [6, 6.07) is 8.84. The van der Waals surface area contributed by atoms with E-state index in [1.807, 2.05) is 0 Å². The molecule has 1 aromatic carbocycles. The molecule has 0 bridgehead atoms. The lowest BCUT2D eigenvalue weighted by molar-refractivity contribution is 0.267. The number of hydrogen-bond acceptors (Lipinski definition) is 3. The Labute approximate surface area is 111 Å². The van der Waals surface area contributed by atoms with Gasteiger partial charge in [-0.25, -0.2) is 0 Å². The van der Waals surface area contributed by atoms with Gasteiger partial charge in [-0.3, -0.25) is 0 Å². The fraction of sp³-hybridized carbons (Fsp3) is 0.538. The zero-order chi connectivity index (χ0) is 12.1. The van der Waals surface area contributed by atoms with Gasteiger partial charge in [-0.1, -0.05) is 15.9 Å². The number of hydrogen-bond donors (Lipinski definition) is 2. The summed E-state index contributed by atoms with van der Waals surface area (Å²) in [7, 11) is 0. The normalized spacial score (nSPS) is 21.3. The van der Waals surface area contributed by atoms with Crippen LogP contribution in [0.4, 0.5) is 5.69 Å². The average Bonchev–Trinajstić information content (AvgIpc) is 2.56. The molecule has 3 nitrogen and oxygen atoms in total. The van der Waals surface area contributed by atoms with Gasteiger partial charge in [0.25, 0.3) is 0 Å². The molecule has 0 amide bonds. The molecule has 0 radical (unpaired) electrons. The summed E-state index contributed by atoms with van der Waals surface area (Å²) in [6.07, 6.45) is 1.98. The Balaban J connectivity index is 2.05. The van der Waals surface area contributed by atoms with Crippen LogP contribution in [0.1, 0.15) is 12.8 Å². The summed E-state index contributed by atoms with van der Waals surface area (Å²) in [4.78, 5) is 2.40. The van der Waals surface area contributed by atoms with Crippen molar-refractivity contribution >= 4 is 21.6 Å². The minimum Gasteiger partial charge on any atom is -0.396 e. The smallest absolute Gasteiger partial charge is 0.0446 e. The van der Waals surface area contributed by atoms with Crippen LogP contribution in [0, 0.1) is 0 Å². The minimum absolute atomic E-state index is 0.256. The highest BCUT2D eigenvalue weighted by molar-refractivity contribution is 9.10. The Morgan fingerprint density at radius 2 is 2.12 bits per heavy atom. The monoisotopic (exact) mass is 298 g/mol. The summed E-state index contributed by atoms with van der Waals surface area (Å²) >= 11 is 3.46. The molecule has 0 aliphatic carbocycles. The van der Waals surface area contributed by atoms with E-state index in [0.717, 1.165) is 36.9 Å². The standard InChI is InChI=1S/C13H19BrN2O/c14-11-2-4-13(5-3-11)16-8-1-7-15-12(10-16)6-9-17/h2-5,12,15,17H,1,6-10H2. The number of anilines is 1. The van der Waals surface area contributed by atoms with Crippen molar-refractivity contribution in [3.05, 3.63) is 28.7 Å². The third-order valence-corrected chi connectivity index (χ3v) is 3.68. The largest absolute Gasteiger partial charge is 0.396 e. The molecule has 1 aliphatic heterocycles. The molecule has 1 heterocycles. The van der Waals surface area contributed by atoms with E-state index in [9.17, 15) is 0 Å². The number of aliphatic hydroxyl groups is 1. The van der Waals surface area contributed by atoms with Crippen LogP contribution < -0.4 is 10.2 Å². The summed E-state index contributed by atoms with van der Waals surface area (Å²) in [5.74, 6) is 0. The van der Waals surface area contributed by atoms with E-state index >= 15 is 0 Å². The lowest BCUT2D eigenvalue weighted by atomic mass is 10.2. The number of benzene rings is 1. The van der Waals surface area contributed by atoms with Gasteiger partial charge >= 0.3 is 0 Å². The maximum Gasteiger partial charge on any atom is 0.0446 e. The van der Waals surface area contributed by atoms with E-state index in [1.165, 1.54) is 5.69 Å². The van der Waals surface area contributed by atoms with Gasteiger partial charge in [-0.05, 0) is 43.7 Å². The fourth-order valence-corrected chi connectivity index (χ4v) is 2.50. The topological polar surface area (TPSA) is 35.5 Å². The second kappa shape index (κ2) is 6.38. The van der Waals surface area contributed by atoms with Gasteiger partial charge in [0.2, 0.25) is 0 Å². The van der Waals surface area contributed by atoms with Crippen LogP contribution in [0.3, 0.4) is 0 Å². The van der Waals surface area contributed by atoms with Crippen molar-refractivity contribution in [1.82, 2.24) is 5.32 Å². The van der Waals surface area contributed by atoms with Crippen molar-refractivity contribution in [3.8, 4) is 0 Å². The SMILES string of the molecule is OCCC1CN(c2ccc(Br)cc2)CCCN1. The molecule has 1 aliphatic rings. The molecular weight excluding hydrogens is 280 g/mol. The lowest BCUT2D eigenvalue weighted by Crippen LogP contribution is -2.38. The Kier molecular flexibility index (Phi) is 4.83. The van der Waals surface area contributed by atoms with E-state index < -0.39 is 0 Å². The van der Waals surface area contributed by atoms with Crippen LogP contribution in [0.2, 0.25) is 0 Å². The molecule has 17 heavy (non-hydrogen) atoms. The molecular formula is C13H19BrN2O. The highest BCUT2D eigenvalue weighted by atomic mass is 79.9. The Morgan fingerprint density at radius 1 is 1.35 bits per heavy atom. The Morgan fingerprint density at radius 3 is 2.82 bits per heavy atom. The summed E-state index contributed by atoms with van der Waals surface area (Å²) in [5, 5.41) is 12.5. The van der Waals surface area contributed by atoms with Crippen molar-refractivity contribution in [3.63, 3.8) is 0 Å². The van der Waals surface area contributed by atoms with Crippen LogP contribution in [-0.2, 0) is 0 Å². The minimum atomic E-state index is 0.256. The van der Waals surface area contributed by atoms with Crippen LogP contribution in [0.15, 0.2) is 28.7 Å². The zero-order valence-corrected chi connectivity index (χ0v) is 11.5. The van der Waals surface area contributed by atoms with E-state index in [0.29, 0.717) is 6.04 Å². The van der Waals surface area contributed by atoms with Crippen molar-refractivity contribution in [1.29, 1.82) is 0 Å². The number of aliphatic hydroxyl groups excluding tert-OH is 1. The molecule has 2 N–H and O–H groups in total. The number of nitrogens with one attached hydrogen (secondary N) is 1. The van der Waals surface area contributed by atoms with Gasteiger partial charge in [-0.15, -0.1) is 0 Å². The fourth-order valence-electron chi connectivity index (χ4n) is 2.23. The molecule has 1 unspecified atom stereocenters. The van der Waals surface area contributed by atoms with Crippen molar-refractivity contribution in [2.45, 2.75) is 18.9 Å². The third-order valence-electron chi connectivity index (χ3n) is 3.15. The van der Waals surface area contributed by atoms with Crippen LogP contribution in [-0.4, -0.2) is 37.4 Å². The van der Waals surface area contributed by atoms with Crippen molar-refractivity contribution in [2.24, 2.45) is 0 Å². The van der Waals surface area contributed by atoms with Gasteiger partial charge in [-0.2, -0.15) is 0 Å². The number of rotatable bonds is 3. The first kappa shape index (κ1) is 12.9. The van der Waals surface area contributed by atoms with Gasteiger partial charge in [0, 0.05) is 35.9 Å². The molecule has 2 rings (SSSR count). The highest BCUT2D eigenvalue weighted by Crippen LogP contribution is 2.20. The van der Waals surface area contributed by atoms with Crippen molar-refractivity contribution < 1.29 is 5.11 Å². The van der Waals surface area contributed by atoms with Gasteiger partial charge in [0.1, 0.15) is 0 Å². The van der Waals surface area contributed by atoms with E-state index in [1.54, 1.807) is 0 Å². The molecule has 0 spiro atoms. The molecule has 1 fully saturated rings. The van der Waals surface area contributed by atoms with Crippen LogP contribution in [0.5, 0.6) is 0 Å². The van der Waals surface area contributed by atoms with Crippen LogP contribution >= 0.6 is 15.9 Å². The summed E-state index contributed by atoms with van der Waals surface area (Å²) < 4.78 is 1.11. The van der Waals surface area contributed by atoms with Gasteiger partial charge in [0.15, 0.2) is 0 Å². The highest BCUT2D eigenvalue weighted by Gasteiger charge is 2.17. The molecule has 1 saturated heterocycles. The molecule has 0 aromatic heterocycles. The second-order valence-corrected chi connectivity index (χ2v) is 5.35. The van der Waals surface area contributed by atoms with Crippen LogP contribution in [0.25, 0.3) is 0 Å². The second-order valence-electron chi connectivity index (χ2n) is 4.44. The first-order valence-corrected chi connectivity index (χ1v) is 6.93. The average molecular weight is 299 g/mol. The quantitative estimate of drug-likeness (QED) is 0.896. The lowest BCUT2D eigenvalue weighted by Gasteiger charge is -2.26. The Hall–Kier alpha value is -0.580. The first-order valence-electron chi connectivity index (χ1n) is 6.14. The third kappa shape index (κ3) is 3.69. The summed E-state index contributed by atoms with van der Waals surface area (Å²) in [6.45, 7) is 3.35. The maximum absolute atomic E-state index is 9.04. The van der Waals surface area contributed by atoms with Gasteiger partial charge < -0.3 is 15.3 Å². The van der Waals surface area contributed by atoms with E-state index in [-0.39, 0.29) is 6.61 Å².